The van der Waals surface area contributed by atoms with Crippen LogP contribution < -0.4 is 0 Å². The molecule has 0 atom stereocenters. The summed E-state index contributed by atoms with van der Waals surface area (Å²) < 4.78 is 0. The van der Waals surface area contributed by atoms with E-state index in [0.717, 1.165) is 36.8 Å². The highest BCUT2D eigenvalue weighted by Gasteiger charge is 2.30. The van der Waals surface area contributed by atoms with Gasteiger partial charge in [-0.25, -0.2) is 0 Å². The molecular formula is C29H34N2O2S. The van der Waals surface area contributed by atoms with Crippen LogP contribution in [0.2, 0.25) is 0 Å². The van der Waals surface area contributed by atoms with Crippen LogP contribution in [0.4, 0.5) is 0 Å². The number of thiophene rings is 1. The lowest BCUT2D eigenvalue weighted by Gasteiger charge is -2.35. The molecule has 0 spiro atoms. The lowest BCUT2D eigenvalue weighted by molar-refractivity contribution is -0.133. The van der Waals surface area contributed by atoms with E-state index in [1.165, 1.54) is 16.9 Å². The fourth-order valence-electron chi connectivity index (χ4n) is 4.64. The lowest BCUT2D eigenvalue weighted by Crippen LogP contribution is -2.48. The first kappa shape index (κ1) is 24.2. The van der Waals surface area contributed by atoms with Crippen LogP contribution in [0.25, 0.3) is 0 Å². The van der Waals surface area contributed by atoms with Crippen molar-refractivity contribution in [2.24, 2.45) is 0 Å². The third-order valence-electron chi connectivity index (χ3n) is 6.75. The quantitative estimate of drug-likeness (QED) is 0.381. The fourth-order valence-corrected chi connectivity index (χ4v) is 5.56. The van der Waals surface area contributed by atoms with Gasteiger partial charge in [-0.15, -0.1) is 11.3 Å². The maximum Gasteiger partial charge on any atom is 0.254 e. The van der Waals surface area contributed by atoms with E-state index in [9.17, 15) is 9.59 Å². The summed E-state index contributed by atoms with van der Waals surface area (Å²) in [6.07, 6.45) is 5.35. The highest BCUT2D eigenvalue weighted by atomic mass is 32.1. The van der Waals surface area contributed by atoms with Gasteiger partial charge in [0.15, 0.2) is 0 Å². The Morgan fingerprint density at radius 1 is 0.882 bits per heavy atom. The van der Waals surface area contributed by atoms with Crippen LogP contribution in [-0.2, 0) is 17.9 Å². The SMILES string of the molecule is Cc1ccc(C(=O)N(CC(=O)N(Cc2ccccc2)Cc2sccc2C)C2CCCCC2)cc1. The minimum Gasteiger partial charge on any atom is -0.332 e. The third kappa shape index (κ3) is 6.15. The molecule has 0 unspecified atom stereocenters. The van der Waals surface area contributed by atoms with E-state index in [0.29, 0.717) is 18.7 Å². The summed E-state index contributed by atoms with van der Waals surface area (Å²) in [4.78, 5) is 32.3. The Labute approximate surface area is 207 Å². The molecule has 4 rings (SSSR count). The molecule has 1 aliphatic carbocycles. The van der Waals surface area contributed by atoms with E-state index >= 15 is 0 Å². The van der Waals surface area contributed by atoms with Crippen molar-refractivity contribution in [3.05, 3.63) is 93.2 Å². The molecule has 4 nitrogen and oxygen atoms in total. The van der Waals surface area contributed by atoms with Gasteiger partial charge >= 0.3 is 0 Å². The molecule has 0 radical (unpaired) electrons. The predicted molar refractivity (Wildman–Crippen MR) is 139 cm³/mol. The van der Waals surface area contributed by atoms with Gasteiger partial charge in [-0.2, -0.15) is 0 Å². The van der Waals surface area contributed by atoms with E-state index in [4.69, 9.17) is 0 Å². The van der Waals surface area contributed by atoms with Crippen molar-refractivity contribution >= 4 is 23.2 Å². The Kier molecular flexibility index (Phi) is 8.17. The van der Waals surface area contributed by atoms with Crippen molar-refractivity contribution in [1.29, 1.82) is 0 Å². The average Bonchev–Trinajstić information content (AvgIpc) is 3.27. The van der Waals surface area contributed by atoms with E-state index in [-0.39, 0.29) is 24.4 Å². The highest BCUT2D eigenvalue weighted by molar-refractivity contribution is 7.10. The maximum absolute atomic E-state index is 13.8. The van der Waals surface area contributed by atoms with Crippen molar-refractivity contribution in [2.75, 3.05) is 6.54 Å². The number of carbonyl (C=O) groups is 2. The van der Waals surface area contributed by atoms with Gasteiger partial charge in [0.05, 0.1) is 6.54 Å². The Morgan fingerprint density at radius 2 is 1.59 bits per heavy atom. The van der Waals surface area contributed by atoms with Crippen molar-refractivity contribution in [2.45, 2.75) is 65.1 Å². The summed E-state index contributed by atoms with van der Waals surface area (Å²) in [7, 11) is 0. The van der Waals surface area contributed by atoms with Crippen LogP contribution in [0.5, 0.6) is 0 Å². The maximum atomic E-state index is 13.8. The van der Waals surface area contributed by atoms with Gasteiger partial charge in [0, 0.05) is 23.0 Å². The fraction of sp³-hybridized carbons (Fsp3) is 0.379. The van der Waals surface area contributed by atoms with Crippen LogP contribution in [-0.4, -0.2) is 34.2 Å². The van der Waals surface area contributed by atoms with Gasteiger partial charge in [-0.05, 0) is 61.4 Å². The second kappa shape index (κ2) is 11.5. The minimum absolute atomic E-state index is 0.00249. The Morgan fingerprint density at radius 3 is 2.24 bits per heavy atom. The van der Waals surface area contributed by atoms with Gasteiger partial charge in [-0.1, -0.05) is 67.3 Å². The normalized spacial score (nSPS) is 14.1. The first-order chi connectivity index (χ1) is 16.5. The van der Waals surface area contributed by atoms with E-state index in [2.05, 4.69) is 30.5 Å². The Bertz CT molecular complexity index is 1080. The van der Waals surface area contributed by atoms with Crippen LogP contribution in [0.1, 0.15) is 64.0 Å². The zero-order valence-electron chi connectivity index (χ0n) is 20.2. The minimum atomic E-state index is -0.0350. The molecule has 0 aliphatic heterocycles. The molecule has 0 N–H and O–H groups in total. The van der Waals surface area contributed by atoms with Crippen molar-refractivity contribution in [3.63, 3.8) is 0 Å². The molecule has 1 aromatic heterocycles. The van der Waals surface area contributed by atoms with E-state index in [1.807, 2.05) is 59.2 Å². The first-order valence-electron chi connectivity index (χ1n) is 12.2. The van der Waals surface area contributed by atoms with Gasteiger partial charge < -0.3 is 9.80 Å². The van der Waals surface area contributed by atoms with Crippen LogP contribution in [0.15, 0.2) is 66.0 Å². The molecule has 34 heavy (non-hydrogen) atoms. The van der Waals surface area contributed by atoms with Crippen LogP contribution in [0.3, 0.4) is 0 Å². The van der Waals surface area contributed by atoms with Crippen LogP contribution >= 0.6 is 11.3 Å². The number of carbonyl (C=O) groups excluding carboxylic acids is 2. The number of amides is 2. The molecule has 5 heteroatoms. The lowest BCUT2D eigenvalue weighted by atomic mass is 9.93. The Hall–Kier alpha value is -2.92. The van der Waals surface area contributed by atoms with Gasteiger partial charge in [-0.3, -0.25) is 9.59 Å². The second-order valence-corrected chi connectivity index (χ2v) is 10.4. The number of hydrogen-bond donors (Lipinski definition) is 0. The molecule has 2 aromatic carbocycles. The molecule has 2 amide bonds. The molecule has 178 valence electrons. The zero-order chi connectivity index (χ0) is 23.9. The molecule has 3 aromatic rings. The van der Waals surface area contributed by atoms with E-state index < -0.39 is 0 Å². The molecule has 1 aliphatic rings. The number of benzene rings is 2. The molecule has 0 bridgehead atoms. The zero-order valence-corrected chi connectivity index (χ0v) is 21.0. The smallest absolute Gasteiger partial charge is 0.254 e. The molecule has 0 saturated heterocycles. The van der Waals surface area contributed by atoms with Crippen molar-refractivity contribution in [3.8, 4) is 0 Å². The summed E-state index contributed by atoms with van der Waals surface area (Å²) >= 11 is 1.68. The third-order valence-corrected chi connectivity index (χ3v) is 7.76. The molecular weight excluding hydrogens is 440 g/mol. The van der Waals surface area contributed by atoms with Gasteiger partial charge in [0.2, 0.25) is 5.91 Å². The summed E-state index contributed by atoms with van der Waals surface area (Å²) in [5, 5.41) is 2.07. The summed E-state index contributed by atoms with van der Waals surface area (Å²) in [6, 6.07) is 20.0. The number of nitrogens with zero attached hydrogens (tertiary/aromatic N) is 2. The largest absolute Gasteiger partial charge is 0.332 e. The monoisotopic (exact) mass is 474 g/mol. The Balaban J connectivity index is 1.58. The number of hydrogen-bond acceptors (Lipinski definition) is 3. The topological polar surface area (TPSA) is 40.6 Å². The van der Waals surface area contributed by atoms with Crippen molar-refractivity contribution < 1.29 is 9.59 Å². The van der Waals surface area contributed by atoms with Crippen LogP contribution in [0, 0.1) is 13.8 Å². The predicted octanol–water partition coefficient (Wildman–Crippen LogP) is 6.37. The molecule has 1 fully saturated rings. The van der Waals surface area contributed by atoms with E-state index in [1.54, 1.807) is 11.3 Å². The van der Waals surface area contributed by atoms with Crippen molar-refractivity contribution in [1.82, 2.24) is 9.80 Å². The number of rotatable bonds is 8. The molecule has 1 saturated carbocycles. The summed E-state index contributed by atoms with van der Waals surface area (Å²) in [6.45, 7) is 5.33. The number of aryl methyl sites for hydroxylation is 2. The van der Waals surface area contributed by atoms with Gasteiger partial charge in [0.1, 0.15) is 6.54 Å². The first-order valence-corrected chi connectivity index (χ1v) is 13.1. The molecule has 1 heterocycles. The second-order valence-electron chi connectivity index (χ2n) is 9.35. The summed E-state index contributed by atoms with van der Waals surface area (Å²) in [5.74, 6) is -0.0325. The standard InChI is InChI=1S/C29H34N2O2S/c1-22-13-15-25(16-14-22)29(33)31(26-11-7-4-8-12-26)21-28(32)30(19-24-9-5-3-6-10-24)20-27-23(2)17-18-34-27/h3,5-6,9-10,13-18,26H,4,7-8,11-12,19-21H2,1-2H3. The summed E-state index contributed by atoms with van der Waals surface area (Å²) in [5.41, 5.74) is 4.08. The van der Waals surface area contributed by atoms with Gasteiger partial charge in [0.25, 0.3) is 5.91 Å². The highest BCUT2D eigenvalue weighted by Crippen LogP contribution is 2.25. The average molecular weight is 475 g/mol.